The van der Waals surface area contributed by atoms with Crippen LogP contribution in [0.1, 0.15) is 25.6 Å². The van der Waals surface area contributed by atoms with Crippen LogP contribution in [0.3, 0.4) is 0 Å². The number of nitrogens with two attached hydrogens (primary N) is 1. The lowest BCUT2D eigenvalue weighted by Crippen LogP contribution is -2.11. The van der Waals surface area contributed by atoms with E-state index in [1.54, 1.807) is 16.9 Å². The minimum absolute atomic E-state index is 0.146. The molecule has 132 valence electrons. The van der Waals surface area contributed by atoms with Crippen LogP contribution in [0.2, 0.25) is 5.02 Å². The molecular formula is C17H17ClN8. The Morgan fingerprint density at radius 3 is 2.85 bits per heavy atom. The molecule has 4 aromatic rings. The van der Waals surface area contributed by atoms with Crippen LogP contribution < -0.4 is 5.73 Å². The summed E-state index contributed by atoms with van der Waals surface area (Å²) in [7, 11) is 0. The van der Waals surface area contributed by atoms with Gasteiger partial charge in [-0.15, -0.1) is 5.10 Å². The molecule has 1 aromatic carbocycles. The van der Waals surface area contributed by atoms with Crippen LogP contribution in [-0.2, 0) is 6.54 Å². The number of aromatic nitrogens is 7. The van der Waals surface area contributed by atoms with Crippen LogP contribution >= 0.6 is 11.6 Å². The molecule has 0 radical (unpaired) electrons. The third-order valence-corrected chi connectivity index (χ3v) is 4.35. The smallest absolute Gasteiger partial charge is 0.221 e. The van der Waals surface area contributed by atoms with Crippen molar-refractivity contribution in [1.82, 2.24) is 34.7 Å². The fourth-order valence-corrected chi connectivity index (χ4v) is 3.13. The number of hydrogen-bond donors (Lipinski definition) is 1. The normalized spacial score (nSPS) is 11.5. The third kappa shape index (κ3) is 2.88. The summed E-state index contributed by atoms with van der Waals surface area (Å²) in [6.45, 7) is 4.73. The highest BCUT2D eigenvalue weighted by atomic mass is 35.5. The molecule has 26 heavy (non-hydrogen) atoms. The van der Waals surface area contributed by atoms with Gasteiger partial charge < -0.3 is 5.73 Å². The number of para-hydroxylation sites is 1. The average Bonchev–Trinajstić information content (AvgIpc) is 3.25. The van der Waals surface area contributed by atoms with Crippen molar-refractivity contribution in [1.29, 1.82) is 0 Å². The molecule has 0 saturated heterocycles. The van der Waals surface area contributed by atoms with Crippen LogP contribution in [-0.4, -0.2) is 34.7 Å². The molecule has 0 saturated carbocycles. The first-order chi connectivity index (χ1) is 12.5. The number of anilines is 1. The second-order valence-corrected chi connectivity index (χ2v) is 6.64. The molecule has 9 heteroatoms. The average molecular weight is 369 g/mol. The molecule has 2 N–H and O–H groups in total. The van der Waals surface area contributed by atoms with Gasteiger partial charge in [0.25, 0.3) is 0 Å². The molecule has 0 fully saturated rings. The van der Waals surface area contributed by atoms with Crippen molar-refractivity contribution < 1.29 is 0 Å². The molecule has 0 aliphatic carbocycles. The number of nitrogen functional groups attached to an aromatic ring is 1. The van der Waals surface area contributed by atoms with E-state index in [1.807, 2.05) is 29.1 Å². The zero-order chi connectivity index (χ0) is 18.3. The van der Waals surface area contributed by atoms with Gasteiger partial charge in [0.05, 0.1) is 29.0 Å². The van der Waals surface area contributed by atoms with Crippen molar-refractivity contribution in [2.75, 3.05) is 5.73 Å². The van der Waals surface area contributed by atoms with Gasteiger partial charge in [-0.25, -0.2) is 14.6 Å². The first-order valence-electron chi connectivity index (χ1n) is 8.17. The van der Waals surface area contributed by atoms with E-state index < -0.39 is 0 Å². The van der Waals surface area contributed by atoms with E-state index in [-0.39, 0.29) is 12.0 Å². The molecule has 4 rings (SSSR count). The summed E-state index contributed by atoms with van der Waals surface area (Å²) in [5.41, 5.74) is 8.72. The number of hydrogen-bond acceptors (Lipinski definition) is 6. The minimum Gasteiger partial charge on any atom is -0.368 e. The van der Waals surface area contributed by atoms with Crippen LogP contribution in [0.15, 0.2) is 36.7 Å². The highest BCUT2D eigenvalue weighted by Crippen LogP contribution is 2.29. The van der Waals surface area contributed by atoms with E-state index in [2.05, 4.69) is 39.2 Å². The molecule has 3 aromatic heterocycles. The molecular weight excluding hydrogens is 352 g/mol. The maximum absolute atomic E-state index is 6.24. The topological polar surface area (TPSA) is 100 Å². The highest BCUT2D eigenvalue weighted by molar-refractivity contribution is 6.35. The standard InChI is InChI=1S/C17H17ClN8/c1-10(2)26-11(6-7-20-26)8-25-9-14(23-24-25)16-12-4-3-5-13(18)15(12)21-17(19)22-16/h3-7,9-10H,8H2,1-2H3,(H2,19,21,22). The Bertz CT molecular complexity index is 1080. The maximum Gasteiger partial charge on any atom is 0.221 e. The molecule has 3 heterocycles. The van der Waals surface area contributed by atoms with E-state index >= 15 is 0 Å². The molecule has 0 aliphatic rings. The quantitative estimate of drug-likeness (QED) is 0.594. The second-order valence-electron chi connectivity index (χ2n) is 6.23. The number of rotatable bonds is 4. The van der Waals surface area contributed by atoms with Crippen molar-refractivity contribution in [3.05, 3.63) is 47.4 Å². The SMILES string of the molecule is CC(C)n1nccc1Cn1cc(-c2nc(N)nc3c(Cl)cccc23)nn1. The van der Waals surface area contributed by atoms with Gasteiger partial charge in [-0.2, -0.15) is 5.10 Å². The van der Waals surface area contributed by atoms with Gasteiger partial charge in [0.15, 0.2) is 0 Å². The molecule has 8 nitrogen and oxygen atoms in total. The fourth-order valence-electron chi connectivity index (χ4n) is 2.91. The Kier molecular flexibility index (Phi) is 4.04. The summed E-state index contributed by atoms with van der Waals surface area (Å²) in [6, 6.07) is 7.75. The third-order valence-electron chi connectivity index (χ3n) is 4.04. The van der Waals surface area contributed by atoms with Gasteiger partial charge in [-0.3, -0.25) is 4.68 Å². The van der Waals surface area contributed by atoms with Crippen molar-refractivity contribution in [3.63, 3.8) is 0 Å². The number of halogens is 1. The first kappa shape index (κ1) is 16.5. The Morgan fingerprint density at radius 1 is 1.19 bits per heavy atom. The van der Waals surface area contributed by atoms with Crippen molar-refractivity contribution in [3.8, 4) is 11.4 Å². The molecule has 0 atom stereocenters. The van der Waals surface area contributed by atoms with E-state index in [1.165, 1.54) is 0 Å². The lowest BCUT2D eigenvalue weighted by Gasteiger charge is -2.10. The highest BCUT2D eigenvalue weighted by Gasteiger charge is 2.15. The van der Waals surface area contributed by atoms with E-state index in [0.717, 1.165) is 11.1 Å². The minimum atomic E-state index is 0.146. The summed E-state index contributed by atoms with van der Waals surface area (Å²) in [6.07, 6.45) is 3.62. The summed E-state index contributed by atoms with van der Waals surface area (Å²) in [4.78, 5) is 8.57. The molecule has 0 bridgehead atoms. The van der Waals surface area contributed by atoms with E-state index in [4.69, 9.17) is 17.3 Å². The molecule has 0 aliphatic heterocycles. The predicted octanol–water partition coefficient (Wildman–Crippen LogP) is 2.95. The Labute approximate surface area is 154 Å². The zero-order valence-corrected chi connectivity index (χ0v) is 15.1. The van der Waals surface area contributed by atoms with Crippen LogP contribution in [0, 0.1) is 0 Å². The van der Waals surface area contributed by atoms with E-state index in [9.17, 15) is 0 Å². The van der Waals surface area contributed by atoms with Crippen LogP contribution in [0.5, 0.6) is 0 Å². The van der Waals surface area contributed by atoms with Gasteiger partial charge in [0.1, 0.15) is 11.4 Å². The van der Waals surface area contributed by atoms with Gasteiger partial charge >= 0.3 is 0 Å². The lowest BCUT2D eigenvalue weighted by molar-refractivity contribution is 0.490. The Balaban J connectivity index is 1.74. The molecule has 0 spiro atoms. The molecule has 0 amide bonds. The number of fused-ring (bicyclic) bond motifs is 1. The van der Waals surface area contributed by atoms with Gasteiger partial charge in [0.2, 0.25) is 5.95 Å². The molecule has 0 unspecified atom stereocenters. The number of benzene rings is 1. The largest absolute Gasteiger partial charge is 0.368 e. The Hall–Kier alpha value is -3.00. The lowest BCUT2D eigenvalue weighted by atomic mass is 10.1. The van der Waals surface area contributed by atoms with Crippen molar-refractivity contribution in [2.45, 2.75) is 26.4 Å². The second kappa shape index (κ2) is 6.38. The van der Waals surface area contributed by atoms with Crippen molar-refractivity contribution in [2.24, 2.45) is 0 Å². The van der Waals surface area contributed by atoms with Crippen LogP contribution in [0.25, 0.3) is 22.3 Å². The van der Waals surface area contributed by atoms with Gasteiger partial charge in [0, 0.05) is 17.6 Å². The van der Waals surface area contributed by atoms with E-state index in [0.29, 0.717) is 28.5 Å². The van der Waals surface area contributed by atoms with Crippen molar-refractivity contribution >= 4 is 28.5 Å². The summed E-state index contributed by atoms with van der Waals surface area (Å²) < 4.78 is 3.71. The Morgan fingerprint density at radius 2 is 2.04 bits per heavy atom. The fraction of sp³-hybridized carbons (Fsp3) is 0.235. The summed E-state index contributed by atoms with van der Waals surface area (Å²) in [5.74, 6) is 0.146. The maximum atomic E-state index is 6.24. The first-order valence-corrected chi connectivity index (χ1v) is 8.55. The predicted molar refractivity (Wildman–Crippen MR) is 99.7 cm³/mol. The van der Waals surface area contributed by atoms with Crippen LogP contribution in [0.4, 0.5) is 5.95 Å². The monoisotopic (exact) mass is 368 g/mol. The number of nitrogens with zero attached hydrogens (tertiary/aromatic N) is 7. The zero-order valence-electron chi connectivity index (χ0n) is 14.3. The van der Waals surface area contributed by atoms with Gasteiger partial charge in [-0.1, -0.05) is 28.9 Å². The summed E-state index contributed by atoms with van der Waals surface area (Å²) >= 11 is 6.24. The van der Waals surface area contributed by atoms with Gasteiger partial charge in [-0.05, 0) is 26.0 Å². The summed E-state index contributed by atoms with van der Waals surface area (Å²) in [5, 5.41) is 14.1.